The van der Waals surface area contributed by atoms with Crippen LogP contribution in [0.3, 0.4) is 0 Å². The van der Waals surface area contributed by atoms with E-state index < -0.39 is 17.7 Å². The third kappa shape index (κ3) is 2.44. The summed E-state index contributed by atoms with van der Waals surface area (Å²) in [6.07, 6.45) is -3.74. The van der Waals surface area contributed by atoms with Gasteiger partial charge in [0.1, 0.15) is 11.2 Å². The van der Waals surface area contributed by atoms with Gasteiger partial charge >= 0.3 is 6.18 Å². The number of para-hydroxylation sites is 2. The quantitative estimate of drug-likeness (QED) is 0.510. The van der Waals surface area contributed by atoms with Crippen molar-refractivity contribution in [3.05, 3.63) is 66.5 Å². The molecule has 2 aromatic heterocycles. The van der Waals surface area contributed by atoms with E-state index in [-0.39, 0.29) is 5.39 Å². The monoisotopic (exact) mass is 341 g/mol. The lowest BCUT2D eigenvalue weighted by atomic mass is 10.1. The molecule has 0 aliphatic carbocycles. The Morgan fingerprint density at radius 2 is 1.60 bits per heavy atom. The van der Waals surface area contributed by atoms with Crippen molar-refractivity contribution in [2.24, 2.45) is 0 Å². The fourth-order valence-corrected chi connectivity index (χ4v) is 2.78. The number of fused-ring (bicyclic) bond motifs is 3. The zero-order valence-electron chi connectivity index (χ0n) is 12.7. The van der Waals surface area contributed by atoms with Crippen LogP contribution >= 0.6 is 0 Å². The van der Waals surface area contributed by atoms with Crippen LogP contribution in [0.1, 0.15) is 10.5 Å². The molecule has 0 radical (unpaired) electrons. The Bertz CT molecular complexity index is 1100. The summed E-state index contributed by atoms with van der Waals surface area (Å²) in [5.74, 6) is -1.95. The second kappa shape index (κ2) is 5.41. The fourth-order valence-electron chi connectivity index (χ4n) is 2.78. The third-order valence-electron chi connectivity index (χ3n) is 3.89. The fraction of sp³-hybridized carbons (Fsp3) is 0.0556. The molecule has 2 aromatic carbocycles. The molecule has 4 aromatic rings. The van der Waals surface area contributed by atoms with Crippen molar-refractivity contribution >= 4 is 27.6 Å². The highest BCUT2D eigenvalue weighted by Crippen LogP contribution is 2.31. The van der Waals surface area contributed by atoms with Crippen LogP contribution in [0.4, 0.5) is 13.2 Å². The SMILES string of the molecule is O=C(c1c2cnc3ccccc3c2nn1-c1ccccc1)C(F)(F)F. The standard InChI is InChI=1S/C18H10F3N3O/c19-18(20,21)17(25)16-13-10-22-14-9-5-4-8-12(14)15(13)23-24(16)11-6-2-1-3-7-11/h1-10H. The van der Waals surface area contributed by atoms with Crippen molar-refractivity contribution in [1.29, 1.82) is 0 Å². The first-order valence-corrected chi connectivity index (χ1v) is 7.40. The normalized spacial score (nSPS) is 12.0. The molecule has 0 fully saturated rings. The Labute approximate surface area is 139 Å². The number of hydrogen-bond donors (Lipinski definition) is 0. The minimum Gasteiger partial charge on any atom is -0.282 e. The van der Waals surface area contributed by atoms with Crippen LogP contribution in [0.15, 0.2) is 60.8 Å². The van der Waals surface area contributed by atoms with Crippen molar-refractivity contribution in [3.63, 3.8) is 0 Å². The van der Waals surface area contributed by atoms with Gasteiger partial charge in [-0.1, -0.05) is 36.4 Å². The Hall–Kier alpha value is -3.22. The first kappa shape index (κ1) is 15.3. The van der Waals surface area contributed by atoms with E-state index in [1.165, 1.54) is 6.20 Å². The van der Waals surface area contributed by atoms with Crippen LogP contribution in [-0.2, 0) is 0 Å². The van der Waals surface area contributed by atoms with Crippen molar-refractivity contribution < 1.29 is 18.0 Å². The summed E-state index contributed by atoms with van der Waals surface area (Å²) in [6.45, 7) is 0. The maximum atomic E-state index is 13.1. The van der Waals surface area contributed by atoms with Gasteiger partial charge in [0.25, 0.3) is 5.78 Å². The molecule has 0 aliphatic rings. The van der Waals surface area contributed by atoms with E-state index in [1.54, 1.807) is 54.6 Å². The number of nitrogens with zero attached hydrogens (tertiary/aromatic N) is 3. The first-order valence-electron chi connectivity index (χ1n) is 7.40. The van der Waals surface area contributed by atoms with Crippen LogP contribution in [0.5, 0.6) is 0 Å². The highest BCUT2D eigenvalue weighted by Gasteiger charge is 2.43. The molecular weight excluding hydrogens is 331 g/mol. The number of benzene rings is 2. The summed E-state index contributed by atoms with van der Waals surface area (Å²) in [4.78, 5) is 16.2. The molecule has 4 rings (SSSR count). The number of aromatic nitrogens is 3. The Morgan fingerprint density at radius 1 is 0.920 bits per heavy atom. The average molecular weight is 341 g/mol. The van der Waals surface area contributed by atoms with E-state index >= 15 is 0 Å². The van der Waals surface area contributed by atoms with E-state index in [2.05, 4.69) is 10.1 Å². The number of halogens is 3. The van der Waals surface area contributed by atoms with E-state index in [9.17, 15) is 18.0 Å². The van der Waals surface area contributed by atoms with Gasteiger partial charge in [-0.15, -0.1) is 0 Å². The Balaban J connectivity index is 2.12. The Kier molecular flexibility index (Phi) is 3.31. The van der Waals surface area contributed by atoms with Gasteiger partial charge < -0.3 is 0 Å². The highest BCUT2D eigenvalue weighted by atomic mass is 19.4. The molecule has 2 heterocycles. The number of carbonyl (C=O) groups excluding carboxylic acids is 1. The summed E-state index contributed by atoms with van der Waals surface area (Å²) in [5.41, 5.74) is 0.739. The van der Waals surface area contributed by atoms with Gasteiger partial charge in [0.2, 0.25) is 0 Å². The predicted molar refractivity (Wildman–Crippen MR) is 86.8 cm³/mol. The number of ketones is 1. The lowest BCUT2D eigenvalue weighted by molar-refractivity contribution is -0.0888. The maximum Gasteiger partial charge on any atom is 0.456 e. The topological polar surface area (TPSA) is 47.8 Å². The molecule has 0 atom stereocenters. The van der Waals surface area contributed by atoms with Gasteiger partial charge in [0.05, 0.1) is 16.6 Å². The Morgan fingerprint density at radius 3 is 2.32 bits per heavy atom. The molecule has 0 aliphatic heterocycles. The molecule has 0 unspecified atom stereocenters. The molecule has 7 heteroatoms. The van der Waals surface area contributed by atoms with E-state index in [0.29, 0.717) is 22.1 Å². The summed E-state index contributed by atoms with van der Waals surface area (Å²) < 4.78 is 40.5. The molecule has 25 heavy (non-hydrogen) atoms. The van der Waals surface area contributed by atoms with E-state index in [4.69, 9.17) is 0 Å². The second-order valence-corrected chi connectivity index (χ2v) is 5.46. The molecule has 124 valence electrons. The molecule has 0 N–H and O–H groups in total. The number of rotatable bonds is 2. The molecule has 0 saturated heterocycles. The number of alkyl halides is 3. The molecule has 0 spiro atoms. The van der Waals surface area contributed by atoms with Gasteiger partial charge in [0.15, 0.2) is 0 Å². The minimum absolute atomic E-state index is 0.0740. The lowest BCUT2D eigenvalue weighted by Crippen LogP contribution is -2.25. The van der Waals surface area contributed by atoms with Gasteiger partial charge in [-0.25, -0.2) is 4.68 Å². The first-order chi connectivity index (χ1) is 12.0. The number of carbonyl (C=O) groups is 1. The largest absolute Gasteiger partial charge is 0.456 e. The maximum absolute atomic E-state index is 13.1. The average Bonchev–Trinajstić information content (AvgIpc) is 3.00. The molecule has 0 saturated carbocycles. The van der Waals surface area contributed by atoms with Crippen LogP contribution in [-0.4, -0.2) is 26.7 Å². The number of hydrogen-bond acceptors (Lipinski definition) is 3. The van der Waals surface area contributed by atoms with Crippen LogP contribution in [0, 0.1) is 0 Å². The molecule has 0 amide bonds. The van der Waals surface area contributed by atoms with Crippen LogP contribution in [0.2, 0.25) is 0 Å². The summed E-state index contributed by atoms with van der Waals surface area (Å²) in [7, 11) is 0. The van der Waals surface area contributed by atoms with Gasteiger partial charge in [-0.05, 0) is 18.2 Å². The predicted octanol–water partition coefficient (Wildman–Crippen LogP) is 4.32. The summed E-state index contributed by atoms with van der Waals surface area (Å²) in [5, 5.41) is 4.96. The van der Waals surface area contributed by atoms with Crippen molar-refractivity contribution in [1.82, 2.24) is 14.8 Å². The van der Waals surface area contributed by atoms with Crippen LogP contribution < -0.4 is 0 Å². The van der Waals surface area contributed by atoms with E-state index in [0.717, 1.165) is 4.68 Å². The molecule has 0 bridgehead atoms. The number of Topliss-reactive ketones (excluding diaryl/α,β-unsaturated/α-hetero) is 1. The summed E-state index contributed by atoms with van der Waals surface area (Å²) >= 11 is 0. The van der Waals surface area contributed by atoms with Crippen molar-refractivity contribution in [2.75, 3.05) is 0 Å². The second-order valence-electron chi connectivity index (χ2n) is 5.46. The smallest absolute Gasteiger partial charge is 0.282 e. The zero-order valence-corrected chi connectivity index (χ0v) is 12.7. The summed E-state index contributed by atoms with van der Waals surface area (Å²) in [6, 6.07) is 15.2. The molecular formula is C18H10F3N3O. The van der Waals surface area contributed by atoms with Crippen molar-refractivity contribution in [2.45, 2.75) is 6.18 Å². The number of pyridine rings is 1. The third-order valence-corrected chi connectivity index (χ3v) is 3.89. The lowest BCUT2D eigenvalue weighted by Gasteiger charge is -2.09. The highest BCUT2D eigenvalue weighted by molar-refractivity contribution is 6.14. The van der Waals surface area contributed by atoms with Gasteiger partial charge in [-0.2, -0.15) is 18.3 Å². The minimum atomic E-state index is -5.01. The molecule has 4 nitrogen and oxygen atoms in total. The zero-order chi connectivity index (χ0) is 17.6. The van der Waals surface area contributed by atoms with E-state index in [1.807, 2.05) is 0 Å². The van der Waals surface area contributed by atoms with Crippen molar-refractivity contribution in [3.8, 4) is 5.69 Å². The van der Waals surface area contributed by atoms with Gasteiger partial charge in [-0.3, -0.25) is 9.78 Å². The van der Waals surface area contributed by atoms with Gasteiger partial charge in [0, 0.05) is 11.6 Å². The van der Waals surface area contributed by atoms with Crippen LogP contribution in [0.25, 0.3) is 27.5 Å².